The second-order valence-electron chi connectivity index (χ2n) is 7.06. The molecule has 0 rings (SSSR count). The fraction of sp³-hybridized carbons (Fsp3) is 0.480. The second-order valence-corrected chi connectivity index (χ2v) is 7.06. The molecule has 0 aliphatic rings. The largest absolute Gasteiger partial charge is 0.480 e. The Kier molecular flexibility index (Phi) is 18.5. The van der Waals surface area contributed by atoms with Crippen molar-refractivity contribution in [2.75, 3.05) is 0 Å². The molecule has 1 atom stereocenters. The Bertz CT molecular complexity index is 660. The molecule has 0 aliphatic carbocycles. The number of rotatable bonds is 18. The Balaban J connectivity index is 3.80. The maximum atomic E-state index is 11.8. The van der Waals surface area contributed by atoms with Crippen LogP contribution in [0.25, 0.3) is 0 Å². The topological polar surface area (TPSA) is 109 Å². The minimum Gasteiger partial charge on any atom is -0.480 e. The summed E-state index contributed by atoms with van der Waals surface area (Å²) in [6, 6.07) is -1.08. The van der Waals surface area contributed by atoms with Crippen molar-refractivity contribution in [2.45, 2.75) is 77.2 Å². The summed E-state index contributed by atoms with van der Waals surface area (Å²) in [7, 11) is 0. The van der Waals surface area contributed by atoms with Crippen LogP contribution in [0.15, 0.2) is 60.8 Å². The van der Waals surface area contributed by atoms with Crippen molar-refractivity contribution >= 4 is 17.8 Å². The first kappa shape index (κ1) is 28.1. The van der Waals surface area contributed by atoms with E-state index in [1.54, 1.807) is 0 Å². The Morgan fingerprint density at radius 2 is 1.29 bits per heavy atom. The van der Waals surface area contributed by atoms with Gasteiger partial charge in [-0.1, -0.05) is 67.7 Å². The van der Waals surface area contributed by atoms with Crippen LogP contribution in [0.1, 0.15) is 71.1 Å². The lowest BCUT2D eigenvalue weighted by atomic mass is 10.1. The van der Waals surface area contributed by atoms with Crippen LogP contribution in [0.2, 0.25) is 0 Å². The number of carboxylic acid groups (broad SMARTS) is 1. The number of hydrogen-bond donors (Lipinski definition) is 3. The number of nitrogens with two attached hydrogens (primary N) is 1. The molecule has 0 spiro atoms. The Hall–Kier alpha value is -2.89. The van der Waals surface area contributed by atoms with E-state index in [0.29, 0.717) is 6.42 Å². The van der Waals surface area contributed by atoms with Gasteiger partial charge in [0.15, 0.2) is 0 Å². The fourth-order valence-electron chi connectivity index (χ4n) is 2.56. The molecular weight excluding hydrogens is 392 g/mol. The molecule has 0 heterocycles. The zero-order chi connectivity index (χ0) is 23.2. The normalized spacial score (nSPS) is 13.2. The van der Waals surface area contributed by atoms with Gasteiger partial charge in [0, 0.05) is 12.8 Å². The van der Waals surface area contributed by atoms with Crippen molar-refractivity contribution in [1.29, 1.82) is 0 Å². The van der Waals surface area contributed by atoms with Crippen molar-refractivity contribution in [2.24, 2.45) is 5.73 Å². The van der Waals surface area contributed by atoms with E-state index < -0.39 is 17.9 Å². The van der Waals surface area contributed by atoms with Crippen molar-refractivity contribution in [3.63, 3.8) is 0 Å². The number of carbonyl (C=O) groups excluding carboxylic acids is 2. The van der Waals surface area contributed by atoms with Gasteiger partial charge in [-0.05, 0) is 51.4 Å². The van der Waals surface area contributed by atoms with Gasteiger partial charge in [-0.15, -0.1) is 0 Å². The molecule has 0 aromatic carbocycles. The summed E-state index contributed by atoms with van der Waals surface area (Å²) < 4.78 is 0. The summed E-state index contributed by atoms with van der Waals surface area (Å²) in [6.45, 7) is 2.13. The number of carbonyl (C=O) groups is 3. The van der Waals surface area contributed by atoms with E-state index in [1.807, 2.05) is 6.08 Å². The number of aliphatic carboxylic acids is 1. The van der Waals surface area contributed by atoms with Gasteiger partial charge in [0.25, 0.3) is 0 Å². The molecule has 1 unspecified atom stereocenters. The van der Waals surface area contributed by atoms with Gasteiger partial charge < -0.3 is 16.2 Å². The standard InChI is InChI=1S/C25H38N2O4/c1-2-3-4-5-6-7-8-9-10-11-12-13-14-15-16-17-18-19-24(29)27-22(25(30)31)20-21-23(26)28/h3-4,6-7,9-10,12-13,15-16,22H,2,5,8,11,14,17-21H2,1H3,(H2,26,28)(H,27,29)(H,30,31)/b4-3+,7-6+,10-9+,13-12+,16-15+. The minimum absolute atomic E-state index is 0.00514. The SMILES string of the molecule is CC/C=C/C/C=C/C/C=C/C/C=C/C/C=C/CCCC(=O)NC(CCC(N)=O)C(=O)O. The predicted octanol–water partition coefficient (Wildman–Crippen LogP) is 4.74. The lowest BCUT2D eigenvalue weighted by Gasteiger charge is -2.13. The highest BCUT2D eigenvalue weighted by molar-refractivity contribution is 5.84. The van der Waals surface area contributed by atoms with Crippen LogP contribution in [0, 0.1) is 0 Å². The number of hydrogen-bond acceptors (Lipinski definition) is 3. The number of carboxylic acids is 1. The molecule has 0 bridgehead atoms. The summed E-state index contributed by atoms with van der Waals surface area (Å²) in [6.07, 6.45) is 27.7. The molecule has 0 fully saturated rings. The summed E-state index contributed by atoms with van der Waals surface area (Å²) in [5.74, 6) is -2.07. The zero-order valence-corrected chi connectivity index (χ0v) is 18.7. The molecule has 6 heteroatoms. The van der Waals surface area contributed by atoms with Crippen molar-refractivity contribution in [3.05, 3.63) is 60.8 Å². The maximum Gasteiger partial charge on any atom is 0.326 e. The van der Waals surface area contributed by atoms with E-state index >= 15 is 0 Å². The van der Waals surface area contributed by atoms with Crippen LogP contribution < -0.4 is 11.1 Å². The minimum atomic E-state index is -1.16. The molecule has 0 aromatic rings. The fourth-order valence-corrected chi connectivity index (χ4v) is 2.56. The van der Waals surface area contributed by atoms with Crippen molar-refractivity contribution < 1.29 is 19.5 Å². The molecule has 0 radical (unpaired) electrons. The van der Waals surface area contributed by atoms with E-state index in [2.05, 4.69) is 66.9 Å². The lowest BCUT2D eigenvalue weighted by molar-refractivity contribution is -0.142. The smallest absolute Gasteiger partial charge is 0.326 e. The van der Waals surface area contributed by atoms with Crippen LogP contribution in [0.4, 0.5) is 0 Å². The summed E-state index contributed by atoms with van der Waals surface area (Å²) in [4.78, 5) is 33.7. The van der Waals surface area contributed by atoms with Crippen LogP contribution in [-0.4, -0.2) is 28.9 Å². The predicted molar refractivity (Wildman–Crippen MR) is 126 cm³/mol. The van der Waals surface area contributed by atoms with E-state index in [4.69, 9.17) is 10.8 Å². The number of nitrogens with one attached hydrogen (secondary N) is 1. The van der Waals surface area contributed by atoms with Gasteiger partial charge in [0.05, 0.1) is 0 Å². The van der Waals surface area contributed by atoms with Crippen LogP contribution >= 0.6 is 0 Å². The third-order valence-electron chi connectivity index (χ3n) is 4.25. The number of amides is 2. The van der Waals surface area contributed by atoms with Crippen LogP contribution in [-0.2, 0) is 14.4 Å². The Labute approximate surface area is 186 Å². The first-order chi connectivity index (χ1) is 15.0. The number of unbranched alkanes of at least 4 members (excludes halogenated alkanes) is 1. The molecule has 2 amide bonds. The third kappa shape index (κ3) is 20.2. The molecule has 0 saturated heterocycles. The summed E-state index contributed by atoms with van der Waals surface area (Å²) >= 11 is 0. The quantitative estimate of drug-likeness (QED) is 0.215. The molecule has 6 nitrogen and oxygen atoms in total. The van der Waals surface area contributed by atoms with Gasteiger partial charge >= 0.3 is 5.97 Å². The molecule has 0 aliphatic heterocycles. The Morgan fingerprint density at radius 3 is 1.74 bits per heavy atom. The monoisotopic (exact) mass is 430 g/mol. The number of allylic oxidation sites excluding steroid dienone is 10. The summed E-state index contributed by atoms with van der Waals surface area (Å²) in [5, 5.41) is 11.5. The Morgan fingerprint density at radius 1 is 0.806 bits per heavy atom. The highest BCUT2D eigenvalue weighted by Gasteiger charge is 2.19. The zero-order valence-electron chi connectivity index (χ0n) is 18.7. The highest BCUT2D eigenvalue weighted by atomic mass is 16.4. The highest BCUT2D eigenvalue weighted by Crippen LogP contribution is 2.02. The van der Waals surface area contributed by atoms with Crippen molar-refractivity contribution in [3.8, 4) is 0 Å². The molecule has 4 N–H and O–H groups in total. The van der Waals surface area contributed by atoms with Crippen LogP contribution in [0.3, 0.4) is 0 Å². The third-order valence-corrected chi connectivity index (χ3v) is 4.25. The average Bonchev–Trinajstić information content (AvgIpc) is 2.73. The molecule has 172 valence electrons. The first-order valence-electron chi connectivity index (χ1n) is 11.0. The van der Waals surface area contributed by atoms with E-state index in [-0.39, 0.29) is 25.2 Å². The number of primary amides is 1. The second kappa shape index (κ2) is 20.4. The van der Waals surface area contributed by atoms with Gasteiger partial charge in [0.1, 0.15) is 6.04 Å². The molecular formula is C25H38N2O4. The maximum absolute atomic E-state index is 11.8. The van der Waals surface area contributed by atoms with Gasteiger partial charge in [-0.25, -0.2) is 4.79 Å². The van der Waals surface area contributed by atoms with Crippen LogP contribution in [0.5, 0.6) is 0 Å². The molecule has 31 heavy (non-hydrogen) atoms. The van der Waals surface area contributed by atoms with Crippen molar-refractivity contribution in [1.82, 2.24) is 5.32 Å². The van der Waals surface area contributed by atoms with E-state index in [0.717, 1.165) is 38.5 Å². The van der Waals surface area contributed by atoms with E-state index in [9.17, 15) is 14.4 Å². The van der Waals surface area contributed by atoms with Gasteiger partial charge in [0.2, 0.25) is 11.8 Å². The van der Waals surface area contributed by atoms with E-state index in [1.165, 1.54) is 0 Å². The first-order valence-corrected chi connectivity index (χ1v) is 11.0. The molecule has 0 saturated carbocycles. The molecule has 0 aromatic heterocycles. The lowest BCUT2D eigenvalue weighted by Crippen LogP contribution is -2.41. The van der Waals surface area contributed by atoms with Gasteiger partial charge in [-0.3, -0.25) is 9.59 Å². The van der Waals surface area contributed by atoms with Gasteiger partial charge in [-0.2, -0.15) is 0 Å². The summed E-state index contributed by atoms with van der Waals surface area (Å²) in [5.41, 5.74) is 5.01. The average molecular weight is 431 g/mol.